The van der Waals surface area contributed by atoms with Gasteiger partial charge in [0.2, 0.25) is 6.29 Å². The first-order valence-corrected chi connectivity index (χ1v) is 6.52. The molecule has 0 aliphatic heterocycles. The van der Waals surface area contributed by atoms with E-state index >= 15 is 0 Å². The minimum atomic E-state index is -0.907. The Bertz CT molecular complexity index is 173. The summed E-state index contributed by atoms with van der Waals surface area (Å²) in [6, 6.07) is 0. The zero-order chi connectivity index (χ0) is 12.9. The van der Waals surface area contributed by atoms with Gasteiger partial charge >= 0.3 is 0 Å². The molecule has 0 aliphatic rings. The van der Waals surface area contributed by atoms with Crippen LogP contribution < -0.4 is 0 Å². The molecule has 0 heterocycles. The maximum Gasteiger partial charge on any atom is 0.229 e. The molecule has 4 heteroatoms. The van der Waals surface area contributed by atoms with Crippen LogP contribution >= 0.6 is 0 Å². The van der Waals surface area contributed by atoms with Gasteiger partial charge in [-0.25, -0.2) is 0 Å². The second kappa shape index (κ2) is 12.0. The molecule has 17 heavy (non-hydrogen) atoms. The molecule has 2 atom stereocenters. The fourth-order valence-corrected chi connectivity index (χ4v) is 1.57. The van der Waals surface area contributed by atoms with Crippen molar-refractivity contribution in [3.63, 3.8) is 0 Å². The Kier molecular flexibility index (Phi) is 11.7. The lowest BCUT2D eigenvalue weighted by molar-refractivity contribution is -0.0112. The van der Waals surface area contributed by atoms with Crippen molar-refractivity contribution in [2.75, 3.05) is 13.2 Å². The number of hydrogen-bond acceptors (Lipinski definition) is 4. The van der Waals surface area contributed by atoms with E-state index in [1.807, 2.05) is 6.29 Å². The van der Waals surface area contributed by atoms with E-state index in [4.69, 9.17) is 14.9 Å². The second-order valence-electron chi connectivity index (χ2n) is 4.33. The van der Waals surface area contributed by atoms with Gasteiger partial charge in [0, 0.05) is 0 Å². The molecule has 0 fully saturated rings. The molecule has 2 unspecified atom stereocenters. The van der Waals surface area contributed by atoms with Crippen LogP contribution in [0, 0.1) is 0 Å². The Balaban J connectivity index is 3.44. The molecule has 1 radical (unpaired) electrons. The third-order valence-corrected chi connectivity index (χ3v) is 2.65. The zero-order valence-corrected chi connectivity index (χ0v) is 10.7. The van der Waals surface area contributed by atoms with Gasteiger partial charge in [0.15, 0.2) is 0 Å². The lowest BCUT2D eigenvalue weighted by atomic mass is 10.1. The first-order chi connectivity index (χ1) is 8.24. The van der Waals surface area contributed by atoms with Crippen LogP contribution in [-0.4, -0.2) is 41.9 Å². The molecular weight excluding hydrogens is 220 g/mol. The molecule has 2 N–H and O–H groups in total. The zero-order valence-electron chi connectivity index (χ0n) is 10.7. The number of ether oxygens (including phenoxy) is 1. The van der Waals surface area contributed by atoms with E-state index in [2.05, 4.69) is 6.92 Å². The fourth-order valence-electron chi connectivity index (χ4n) is 1.57. The fraction of sp³-hybridized carbons (Fsp3) is 0.923. The second-order valence-corrected chi connectivity index (χ2v) is 4.33. The molecule has 0 saturated carbocycles. The van der Waals surface area contributed by atoms with Gasteiger partial charge in [0.25, 0.3) is 0 Å². The molecule has 0 aliphatic carbocycles. The molecule has 0 aromatic rings. The first-order valence-electron chi connectivity index (χ1n) is 6.52. The molecule has 0 amide bonds. The predicted molar refractivity (Wildman–Crippen MR) is 66.5 cm³/mol. The van der Waals surface area contributed by atoms with E-state index in [-0.39, 0.29) is 13.2 Å². The van der Waals surface area contributed by atoms with Crippen LogP contribution in [0.2, 0.25) is 0 Å². The lowest BCUT2D eigenvalue weighted by Crippen LogP contribution is -2.25. The minimum Gasteiger partial charge on any atom is -0.394 e. The van der Waals surface area contributed by atoms with Crippen molar-refractivity contribution >= 4 is 6.29 Å². The average molecular weight is 245 g/mol. The van der Waals surface area contributed by atoms with Crippen LogP contribution in [0.3, 0.4) is 0 Å². The van der Waals surface area contributed by atoms with E-state index < -0.39 is 12.2 Å². The summed E-state index contributed by atoms with van der Waals surface area (Å²) >= 11 is 0. The van der Waals surface area contributed by atoms with Crippen LogP contribution in [0.1, 0.15) is 51.9 Å². The highest BCUT2D eigenvalue weighted by Gasteiger charge is 2.11. The Morgan fingerprint density at radius 1 is 1.18 bits per heavy atom. The largest absolute Gasteiger partial charge is 0.394 e. The number of unbranched alkanes of at least 4 members (excludes halogenated alkanes) is 5. The third-order valence-electron chi connectivity index (χ3n) is 2.65. The summed E-state index contributed by atoms with van der Waals surface area (Å²) in [5.41, 5.74) is 0. The Hall–Kier alpha value is -0.450. The highest BCUT2D eigenvalue weighted by atomic mass is 16.5. The Labute approximate surface area is 104 Å². The summed E-state index contributed by atoms with van der Waals surface area (Å²) in [6.07, 6.45) is 7.97. The SMILES string of the molecule is CCCCCCCCC([C]=O)OCC(O)CO. The quantitative estimate of drug-likeness (QED) is 0.512. The van der Waals surface area contributed by atoms with Gasteiger partial charge in [-0.05, 0) is 6.42 Å². The molecule has 0 aromatic heterocycles. The number of carbonyl (C=O) groups excluding carboxylic acids is 1. The van der Waals surface area contributed by atoms with E-state index in [1.54, 1.807) is 0 Å². The van der Waals surface area contributed by atoms with Gasteiger partial charge in [-0.1, -0.05) is 45.4 Å². The van der Waals surface area contributed by atoms with Gasteiger partial charge in [-0.2, -0.15) is 0 Å². The Morgan fingerprint density at radius 2 is 1.82 bits per heavy atom. The van der Waals surface area contributed by atoms with Gasteiger partial charge in [-0.3, -0.25) is 4.79 Å². The van der Waals surface area contributed by atoms with Gasteiger partial charge < -0.3 is 14.9 Å². The van der Waals surface area contributed by atoms with Crippen LogP contribution in [0.15, 0.2) is 0 Å². The highest BCUT2D eigenvalue weighted by Crippen LogP contribution is 2.09. The normalized spacial score (nSPS) is 14.5. The van der Waals surface area contributed by atoms with E-state index in [1.165, 1.54) is 25.7 Å². The molecule has 0 bridgehead atoms. The van der Waals surface area contributed by atoms with E-state index in [9.17, 15) is 4.79 Å². The van der Waals surface area contributed by atoms with Gasteiger partial charge in [0.1, 0.15) is 12.2 Å². The summed E-state index contributed by atoms with van der Waals surface area (Å²) in [4.78, 5) is 10.6. The predicted octanol–water partition coefficient (Wildman–Crippen LogP) is 1.59. The average Bonchev–Trinajstić information content (AvgIpc) is 2.36. The van der Waals surface area contributed by atoms with Crippen LogP contribution in [-0.2, 0) is 9.53 Å². The minimum absolute atomic E-state index is 0.00770. The summed E-state index contributed by atoms with van der Waals surface area (Å²) in [5, 5.41) is 17.7. The van der Waals surface area contributed by atoms with E-state index in [0.717, 1.165) is 12.8 Å². The summed E-state index contributed by atoms with van der Waals surface area (Å²) in [7, 11) is 0. The monoisotopic (exact) mass is 245 g/mol. The summed E-state index contributed by atoms with van der Waals surface area (Å²) in [6.45, 7) is 1.83. The molecular formula is C13H25O4. The van der Waals surface area contributed by atoms with Crippen molar-refractivity contribution in [3.05, 3.63) is 0 Å². The van der Waals surface area contributed by atoms with Gasteiger partial charge in [-0.15, -0.1) is 0 Å². The summed E-state index contributed by atoms with van der Waals surface area (Å²) < 4.78 is 5.14. The maximum absolute atomic E-state index is 10.6. The van der Waals surface area contributed by atoms with Crippen molar-refractivity contribution in [1.82, 2.24) is 0 Å². The lowest BCUT2D eigenvalue weighted by Gasteiger charge is -2.13. The first kappa shape index (κ1) is 16.6. The van der Waals surface area contributed by atoms with Crippen molar-refractivity contribution < 1.29 is 19.7 Å². The molecule has 101 valence electrons. The van der Waals surface area contributed by atoms with Crippen LogP contribution in [0.5, 0.6) is 0 Å². The number of hydrogen-bond donors (Lipinski definition) is 2. The maximum atomic E-state index is 10.6. The van der Waals surface area contributed by atoms with Crippen LogP contribution in [0.25, 0.3) is 0 Å². The van der Waals surface area contributed by atoms with Crippen molar-refractivity contribution in [2.45, 2.75) is 64.1 Å². The number of aliphatic hydroxyl groups is 2. The standard InChI is InChI=1S/C13H25O4/c1-2-3-4-5-6-7-8-13(10-15)17-11-12(16)9-14/h12-14,16H,2-9,11H2,1H3. The Morgan fingerprint density at radius 3 is 2.41 bits per heavy atom. The van der Waals surface area contributed by atoms with Gasteiger partial charge in [0.05, 0.1) is 13.2 Å². The van der Waals surface area contributed by atoms with Crippen LogP contribution in [0.4, 0.5) is 0 Å². The number of rotatable bonds is 12. The number of aliphatic hydroxyl groups excluding tert-OH is 2. The van der Waals surface area contributed by atoms with Crippen molar-refractivity contribution in [1.29, 1.82) is 0 Å². The van der Waals surface area contributed by atoms with Crippen molar-refractivity contribution in [3.8, 4) is 0 Å². The molecule has 0 spiro atoms. The topological polar surface area (TPSA) is 66.8 Å². The third kappa shape index (κ3) is 10.4. The van der Waals surface area contributed by atoms with Crippen molar-refractivity contribution in [2.24, 2.45) is 0 Å². The highest BCUT2D eigenvalue weighted by molar-refractivity contribution is 5.56. The molecule has 0 saturated heterocycles. The van der Waals surface area contributed by atoms with E-state index in [0.29, 0.717) is 6.42 Å². The molecule has 0 aromatic carbocycles. The molecule has 4 nitrogen and oxygen atoms in total. The smallest absolute Gasteiger partial charge is 0.229 e. The summed E-state index contributed by atoms with van der Waals surface area (Å²) in [5.74, 6) is 0. The molecule has 0 rings (SSSR count).